The molecule has 2 aliphatic rings. The molecule has 1 fully saturated rings. The summed E-state index contributed by atoms with van der Waals surface area (Å²) in [5.41, 5.74) is 9.43. The van der Waals surface area contributed by atoms with Gasteiger partial charge in [0.25, 0.3) is 0 Å². The molecule has 0 saturated heterocycles. The smallest absolute Gasteiger partial charge is 0.139 e. The van der Waals surface area contributed by atoms with E-state index in [1.54, 1.807) is 0 Å². The van der Waals surface area contributed by atoms with Crippen LogP contribution in [-0.2, 0) is 18.4 Å². The van der Waals surface area contributed by atoms with Crippen molar-refractivity contribution in [3.63, 3.8) is 0 Å². The normalized spacial score (nSPS) is 21.9. The molecule has 0 atom stereocenters. The molecule has 3 heteroatoms. The Morgan fingerprint density at radius 2 is 1.78 bits per heavy atom. The number of hydrogen-bond donors (Lipinski definition) is 2. The Morgan fingerprint density at radius 1 is 1.11 bits per heavy atom. The quantitative estimate of drug-likeness (QED) is 0.814. The third kappa shape index (κ3) is 1.83. The zero-order valence-electron chi connectivity index (χ0n) is 10.6. The molecule has 18 heavy (non-hydrogen) atoms. The van der Waals surface area contributed by atoms with Crippen molar-refractivity contribution < 1.29 is 5.11 Å². The summed E-state index contributed by atoms with van der Waals surface area (Å²) >= 11 is 6.35. The minimum Gasteiger partial charge on any atom is -0.506 e. The molecule has 0 amide bonds. The Bertz CT molecular complexity index is 478. The molecule has 2 nitrogen and oxygen atoms in total. The molecule has 0 radical (unpaired) electrons. The van der Waals surface area contributed by atoms with Gasteiger partial charge in [0.15, 0.2) is 0 Å². The summed E-state index contributed by atoms with van der Waals surface area (Å²) in [7, 11) is 0. The van der Waals surface area contributed by atoms with E-state index in [4.69, 9.17) is 17.3 Å². The summed E-state index contributed by atoms with van der Waals surface area (Å²) < 4.78 is 0. The van der Waals surface area contributed by atoms with Crippen LogP contribution in [0.15, 0.2) is 6.07 Å². The van der Waals surface area contributed by atoms with E-state index in [1.165, 1.54) is 18.4 Å². The van der Waals surface area contributed by atoms with Crippen LogP contribution in [0, 0.1) is 0 Å². The van der Waals surface area contributed by atoms with E-state index in [2.05, 4.69) is 6.07 Å². The van der Waals surface area contributed by atoms with Crippen LogP contribution >= 0.6 is 11.6 Å². The number of phenolic OH excluding ortho intramolecular Hbond substituents is 1. The van der Waals surface area contributed by atoms with E-state index >= 15 is 0 Å². The van der Waals surface area contributed by atoms with Crippen LogP contribution < -0.4 is 5.73 Å². The maximum absolute atomic E-state index is 10.4. The van der Waals surface area contributed by atoms with Gasteiger partial charge in [-0.05, 0) is 55.7 Å². The van der Waals surface area contributed by atoms with E-state index in [-0.39, 0.29) is 11.3 Å². The number of benzene rings is 1. The number of aryl methyl sites for hydroxylation is 1. The number of phenols is 1. The average Bonchev–Trinajstić information content (AvgIpc) is 2.82. The van der Waals surface area contributed by atoms with Crippen LogP contribution in [0.1, 0.15) is 55.2 Å². The Hall–Kier alpha value is -0.730. The molecule has 0 aromatic heterocycles. The largest absolute Gasteiger partial charge is 0.506 e. The van der Waals surface area contributed by atoms with Crippen molar-refractivity contribution in [3.8, 4) is 5.75 Å². The summed E-state index contributed by atoms with van der Waals surface area (Å²) in [6.45, 7) is 0. The van der Waals surface area contributed by atoms with E-state index < -0.39 is 0 Å². The van der Waals surface area contributed by atoms with Crippen LogP contribution in [0.3, 0.4) is 0 Å². The second-order valence-electron chi connectivity index (χ2n) is 5.79. The molecular formula is C15H20ClNO. The standard InChI is InChI=1S/C15H20ClNO/c16-13-11-6-2-1-5-10(11)9-12(14(13)18)15(17)7-3-4-8-15/h9,18H,1-8,17H2. The lowest BCUT2D eigenvalue weighted by Crippen LogP contribution is -2.33. The van der Waals surface area contributed by atoms with Gasteiger partial charge in [-0.2, -0.15) is 0 Å². The molecule has 2 aliphatic carbocycles. The van der Waals surface area contributed by atoms with Crippen molar-refractivity contribution in [1.29, 1.82) is 0 Å². The lowest BCUT2D eigenvalue weighted by atomic mass is 9.83. The van der Waals surface area contributed by atoms with E-state index in [0.717, 1.165) is 49.7 Å². The highest BCUT2D eigenvalue weighted by atomic mass is 35.5. The number of halogens is 1. The maximum Gasteiger partial charge on any atom is 0.139 e. The number of rotatable bonds is 1. The van der Waals surface area contributed by atoms with E-state index in [0.29, 0.717) is 5.02 Å². The van der Waals surface area contributed by atoms with Crippen molar-refractivity contribution in [3.05, 3.63) is 27.8 Å². The molecule has 0 aliphatic heterocycles. The highest BCUT2D eigenvalue weighted by Crippen LogP contribution is 2.46. The second kappa shape index (κ2) is 4.43. The molecule has 0 heterocycles. The lowest BCUT2D eigenvalue weighted by Gasteiger charge is -2.28. The van der Waals surface area contributed by atoms with Gasteiger partial charge in [0.1, 0.15) is 5.75 Å². The van der Waals surface area contributed by atoms with Crippen molar-refractivity contribution in [2.75, 3.05) is 0 Å². The Kier molecular flexibility index (Phi) is 3.03. The summed E-state index contributed by atoms with van der Waals surface area (Å²) in [6, 6.07) is 2.13. The summed E-state index contributed by atoms with van der Waals surface area (Å²) in [5, 5.41) is 10.9. The van der Waals surface area contributed by atoms with Gasteiger partial charge in [0.05, 0.1) is 5.02 Å². The van der Waals surface area contributed by atoms with Crippen LogP contribution in [0.5, 0.6) is 5.75 Å². The van der Waals surface area contributed by atoms with Crippen LogP contribution in [0.4, 0.5) is 0 Å². The highest BCUT2D eigenvalue weighted by Gasteiger charge is 2.35. The zero-order valence-corrected chi connectivity index (χ0v) is 11.4. The highest BCUT2D eigenvalue weighted by molar-refractivity contribution is 6.33. The van der Waals surface area contributed by atoms with E-state index in [9.17, 15) is 5.11 Å². The monoisotopic (exact) mass is 265 g/mol. The first kappa shape index (κ1) is 12.3. The van der Waals surface area contributed by atoms with Crippen molar-refractivity contribution in [2.45, 2.75) is 56.9 Å². The molecule has 3 N–H and O–H groups in total. The minimum absolute atomic E-state index is 0.238. The van der Waals surface area contributed by atoms with Gasteiger partial charge in [-0.1, -0.05) is 24.4 Å². The van der Waals surface area contributed by atoms with Crippen molar-refractivity contribution >= 4 is 11.6 Å². The predicted molar refractivity (Wildman–Crippen MR) is 74.1 cm³/mol. The zero-order chi connectivity index (χ0) is 12.8. The molecule has 0 unspecified atom stereocenters. The number of nitrogens with two attached hydrogens (primary N) is 1. The SMILES string of the molecule is NC1(c2cc3c(c(Cl)c2O)CCCC3)CCCC1. The van der Waals surface area contributed by atoms with Crippen molar-refractivity contribution in [2.24, 2.45) is 5.73 Å². The Labute approximate surface area is 113 Å². The molecule has 1 aromatic carbocycles. The molecular weight excluding hydrogens is 246 g/mol. The van der Waals surface area contributed by atoms with Gasteiger partial charge < -0.3 is 10.8 Å². The Balaban J connectivity index is 2.13. The summed E-state index contributed by atoms with van der Waals surface area (Å²) in [6.07, 6.45) is 8.63. The Morgan fingerprint density at radius 3 is 2.50 bits per heavy atom. The first-order valence-electron chi connectivity index (χ1n) is 6.94. The van der Waals surface area contributed by atoms with Gasteiger partial charge in [-0.15, -0.1) is 0 Å². The molecule has 1 aromatic rings. The van der Waals surface area contributed by atoms with Gasteiger partial charge in [-0.25, -0.2) is 0 Å². The fraction of sp³-hybridized carbons (Fsp3) is 0.600. The van der Waals surface area contributed by atoms with Gasteiger partial charge in [-0.3, -0.25) is 0 Å². The number of aromatic hydroxyl groups is 1. The van der Waals surface area contributed by atoms with Gasteiger partial charge in [0.2, 0.25) is 0 Å². The second-order valence-corrected chi connectivity index (χ2v) is 6.17. The summed E-state index contributed by atoms with van der Waals surface area (Å²) in [4.78, 5) is 0. The van der Waals surface area contributed by atoms with Crippen LogP contribution in [-0.4, -0.2) is 5.11 Å². The number of hydrogen-bond acceptors (Lipinski definition) is 2. The van der Waals surface area contributed by atoms with Crippen LogP contribution in [0.2, 0.25) is 5.02 Å². The van der Waals surface area contributed by atoms with Gasteiger partial charge in [0, 0.05) is 11.1 Å². The fourth-order valence-electron chi connectivity index (χ4n) is 3.50. The first-order chi connectivity index (χ1) is 8.62. The molecule has 0 spiro atoms. The maximum atomic E-state index is 10.4. The van der Waals surface area contributed by atoms with E-state index in [1.807, 2.05) is 0 Å². The van der Waals surface area contributed by atoms with Crippen LogP contribution in [0.25, 0.3) is 0 Å². The molecule has 0 bridgehead atoms. The molecule has 1 saturated carbocycles. The summed E-state index contributed by atoms with van der Waals surface area (Å²) in [5.74, 6) is 0.238. The third-order valence-corrected chi connectivity index (χ3v) is 5.00. The van der Waals surface area contributed by atoms with Crippen molar-refractivity contribution in [1.82, 2.24) is 0 Å². The topological polar surface area (TPSA) is 46.2 Å². The van der Waals surface area contributed by atoms with Gasteiger partial charge >= 0.3 is 0 Å². The molecule has 98 valence electrons. The minimum atomic E-state index is -0.361. The first-order valence-corrected chi connectivity index (χ1v) is 7.32. The average molecular weight is 266 g/mol. The fourth-order valence-corrected chi connectivity index (χ4v) is 3.81. The lowest BCUT2D eigenvalue weighted by molar-refractivity contribution is 0.407. The third-order valence-electron chi connectivity index (χ3n) is 4.59. The predicted octanol–water partition coefficient (Wildman–Crippen LogP) is 3.65. The number of fused-ring (bicyclic) bond motifs is 1. The molecule has 3 rings (SSSR count).